The number of rotatable bonds is 16. The Morgan fingerprint density at radius 2 is 1.44 bits per heavy atom. The number of aryl methyl sites for hydroxylation is 1. The van der Waals surface area contributed by atoms with Crippen LogP contribution in [0.4, 0.5) is 0 Å². The first kappa shape index (κ1) is 26.9. The molecule has 0 aliphatic heterocycles. The first-order valence-electron chi connectivity index (χ1n) is 11.0. The van der Waals surface area contributed by atoms with Crippen molar-refractivity contribution >= 4 is 13.3 Å². The summed E-state index contributed by atoms with van der Waals surface area (Å²) in [4.78, 5) is 0. The van der Waals surface area contributed by atoms with E-state index in [1.165, 1.54) is 69.8 Å². The Morgan fingerprint density at radius 3 is 2.04 bits per heavy atom. The molecule has 0 bridgehead atoms. The van der Waals surface area contributed by atoms with Gasteiger partial charge in [0, 0.05) is 21.8 Å². The van der Waals surface area contributed by atoms with Crippen LogP contribution in [-0.4, -0.2) is 6.61 Å². The summed E-state index contributed by atoms with van der Waals surface area (Å²) in [5.41, 5.74) is 1.35. The van der Waals surface area contributed by atoms with Crippen molar-refractivity contribution in [1.29, 1.82) is 0 Å². The average Bonchev–Trinajstić information content (AvgIpc) is 2.67. The van der Waals surface area contributed by atoms with Crippen LogP contribution in [0.15, 0.2) is 24.3 Å². The molecule has 1 aromatic rings. The largest absolute Gasteiger partial charge is 0.327 e. The van der Waals surface area contributed by atoms with Crippen molar-refractivity contribution in [2.45, 2.75) is 97.8 Å². The van der Waals surface area contributed by atoms with Gasteiger partial charge in [-0.2, -0.15) is 0 Å². The molecule has 0 radical (unpaired) electrons. The SMILES string of the molecule is CCCCCCCCCc1ccc([PH](=O)OCC(CC)CCCC)cc1.[Ni]. The van der Waals surface area contributed by atoms with Gasteiger partial charge in [0.1, 0.15) is 0 Å². The Kier molecular flexibility index (Phi) is 17.9. The number of unbranched alkanes of at least 4 members (excludes halogenated alkanes) is 7. The second-order valence-electron chi connectivity index (χ2n) is 7.58. The zero-order valence-corrected chi connectivity index (χ0v) is 19.7. The fourth-order valence-corrected chi connectivity index (χ4v) is 4.26. The minimum absolute atomic E-state index is 0. The van der Waals surface area contributed by atoms with Gasteiger partial charge < -0.3 is 4.52 Å². The molecule has 1 aromatic carbocycles. The molecule has 2 nitrogen and oxygen atoms in total. The van der Waals surface area contributed by atoms with E-state index in [0.29, 0.717) is 12.5 Å². The van der Waals surface area contributed by atoms with Crippen molar-refractivity contribution in [1.82, 2.24) is 0 Å². The van der Waals surface area contributed by atoms with E-state index in [0.717, 1.165) is 18.1 Å². The zero-order chi connectivity index (χ0) is 19.0. The van der Waals surface area contributed by atoms with Gasteiger partial charge >= 0.3 is 0 Å². The maximum Gasteiger partial charge on any atom is 0.220 e. The normalized spacial score (nSPS) is 13.1. The van der Waals surface area contributed by atoms with E-state index in [2.05, 4.69) is 32.9 Å². The summed E-state index contributed by atoms with van der Waals surface area (Å²) in [5.74, 6) is 0.542. The molecule has 160 valence electrons. The van der Waals surface area contributed by atoms with E-state index in [1.54, 1.807) is 0 Å². The van der Waals surface area contributed by atoms with Crippen molar-refractivity contribution in [2.24, 2.45) is 5.92 Å². The summed E-state index contributed by atoms with van der Waals surface area (Å²) in [6, 6.07) is 8.27. The van der Waals surface area contributed by atoms with E-state index < -0.39 is 8.03 Å². The Labute approximate surface area is 179 Å². The average molecular weight is 439 g/mol. The molecule has 2 atom stereocenters. The summed E-state index contributed by atoms with van der Waals surface area (Å²) in [5, 5.41) is 0.865. The van der Waals surface area contributed by atoms with E-state index in [-0.39, 0.29) is 16.5 Å². The Morgan fingerprint density at radius 1 is 0.852 bits per heavy atom. The molecule has 0 saturated heterocycles. The molecule has 0 heterocycles. The second kappa shape index (κ2) is 18.0. The first-order chi connectivity index (χ1) is 12.7. The van der Waals surface area contributed by atoms with Crippen molar-refractivity contribution in [3.8, 4) is 0 Å². The molecule has 0 fully saturated rings. The Balaban J connectivity index is 0.00000676. The van der Waals surface area contributed by atoms with Gasteiger partial charge in [-0.1, -0.05) is 90.7 Å². The van der Waals surface area contributed by atoms with Gasteiger partial charge in [-0.25, -0.2) is 0 Å². The molecule has 2 unspecified atom stereocenters. The topological polar surface area (TPSA) is 26.3 Å². The van der Waals surface area contributed by atoms with Crippen molar-refractivity contribution < 1.29 is 25.6 Å². The Bertz CT molecular complexity index is 476. The third-order valence-corrected chi connectivity index (χ3v) is 6.49. The second-order valence-corrected chi connectivity index (χ2v) is 9.02. The van der Waals surface area contributed by atoms with Crippen LogP contribution in [0.5, 0.6) is 0 Å². The van der Waals surface area contributed by atoms with Crippen molar-refractivity contribution in [3.05, 3.63) is 29.8 Å². The molecule has 27 heavy (non-hydrogen) atoms. The van der Waals surface area contributed by atoms with Crippen LogP contribution >= 0.6 is 8.03 Å². The van der Waals surface area contributed by atoms with E-state index in [1.807, 2.05) is 12.1 Å². The monoisotopic (exact) mass is 438 g/mol. The van der Waals surface area contributed by atoms with Crippen molar-refractivity contribution in [3.63, 3.8) is 0 Å². The third kappa shape index (κ3) is 12.9. The minimum Gasteiger partial charge on any atom is -0.327 e. The fraction of sp³-hybridized carbons (Fsp3) is 0.739. The molecule has 0 saturated carbocycles. The molecule has 0 amide bonds. The molecule has 0 aliphatic carbocycles. The van der Waals surface area contributed by atoms with Gasteiger partial charge in [-0.05, 0) is 42.9 Å². The Hall–Kier alpha value is -0.0965. The standard InChI is InChI=1S/C23H41O2P.Ni/c1-4-7-9-10-11-12-13-15-22-16-18-23(19-17-22)26(24)25-20-21(6-3)14-8-5-2;/h16-19,21,26H,4-15,20H2,1-3H3;. The van der Waals surface area contributed by atoms with Gasteiger partial charge in [0.25, 0.3) is 0 Å². The number of benzene rings is 1. The van der Waals surface area contributed by atoms with Crippen LogP contribution in [-0.2, 0) is 32.0 Å². The maximum atomic E-state index is 12.4. The fourth-order valence-electron chi connectivity index (χ4n) is 3.27. The molecule has 4 heteroatoms. The van der Waals surface area contributed by atoms with Crippen LogP contribution in [0.3, 0.4) is 0 Å². The van der Waals surface area contributed by atoms with Gasteiger partial charge in [0.05, 0.1) is 6.61 Å². The molecule has 0 N–H and O–H groups in total. The number of hydrogen-bond acceptors (Lipinski definition) is 2. The van der Waals surface area contributed by atoms with E-state index >= 15 is 0 Å². The van der Waals surface area contributed by atoms with Gasteiger partial charge in [0.2, 0.25) is 8.03 Å². The van der Waals surface area contributed by atoms with Gasteiger partial charge in [-0.3, -0.25) is 4.57 Å². The molecular weight excluding hydrogens is 398 g/mol. The van der Waals surface area contributed by atoms with E-state index in [9.17, 15) is 4.57 Å². The smallest absolute Gasteiger partial charge is 0.220 e. The number of hydrogen-bond donors (Lipinski definition) is 0. The maximum absolute atomic E-state index is 12.4. The summed E-state index contributed by atoms with van der Waals surface area (Å²) in [7, 11) is -2.10. The van der Waals surface area contributed by atoms with Crippen molar-refractivity contribution in [2.75, 3.05) is 6.61 Å². The van der Waals surface area contributed by atoms with Crippen LogP contribution in [0.2, 0.25) is 0 Å². The van der Waals surface area contributed by atoms with Crippen LogP contribution in [0, 0.1) is 5.92 Å². The summed E-state index contributed by atoms with van der Waals surface area (Å²) in [6.45, 7) is 7.30. The molecule has 1 rings (SSSR count). The summed E-state index contributed by atoms with van der Waals surface area (Å²) in [6.07, 6.45) is 15.3. The van der Waals surface area contributed by atoms with Crippen LogP contribution in [0.25, 0.3) is 0 Å². The summed E-state index contributed by atoms with van der Waals surface area (Å²) < 4.78 is 18.1. The predicted molar refractivity (Wildman–Crippen MR) is 116 cm³/mol. The summed E-state index contributed by atoms with van der Waals surface area (Å²) >= 11 is 0. The minimum atomic E-state index is -2.10. The third-order valence-electron chi connectivity index (χ3n) is 5.25. The van der Waals surface area contributed by atoms with Crippen LogP contribution in [0.1, 0.15) is 97.0 Å². The zero-order valence-electron chi connectivity index (χ0n) is 17.7. The van der Waals surface area contributed by atoms with Gasteiger partial charge in [0.15, 0.2) is 0 Å². The molecule has 0 aromatic heterocycles. The van der Waals surface area contributed by atoms with Gasteiger partial charge in [-0.15, -0.1) is 0 Å². The van der Waals surface area contributed by atoms with E-state index in [4.69, 9.17) is 4.52 Å². The molecule has 0 aliphatic rings. The molecular formula is C23H41NiO2P. The molecule has 0 spiro atoms. The quantitative estimate of drug-likeness (QED) is 0.153. The van der Waals surface area contributed by atoms with Crippen LogP contribution < -0.4 is 5.30 Å². The predicted octanol–water partition coefficient (Wildman–Crippen LogP) is 7.31. The first-order valence-corrected chi connectivity index (χ1v) is 12.3.